The Kier molecular flexibility index (Phi) is 1.75. The second kappa shape index (κ2) is 2.25. The van der Waals surface area contributed by atoms with Gasteiger partial charge < -0.3 is 15.5 Å². The topological polar surface area (TPSA) is 57.1 Å². The molecule has 0 saturated carbocycles. The lowest BCUT2D eigenvalue weighted by atomic mass is 10.1. The zero-order chi connectivity index (χ0) is 7.02. The van der Waals surface area contributed by atoms with Crippen molar-refractivity contribution in [1.29, 1.82) is 0 Å². The molecule has 3 nitrogen and oxygen atoms in total. The van der Waals surface area contributed by atoms with Gasteiger partial charge >= 0.3 is 0 Å². The smallest absolute Gasteiger partial charge is 0.137 e. The van der Waals surface area contributed by atoms with Crippen LogP contribution >= 0.6 is 0 Å². The minimum Gasteiger partial charge on any atom is -0.384 e. The molecule has 0 bridgehead atoms. The summed E-state index contributed by atoms with van der Waals surface area (Å²) >= 11 is 0. The molecule has 0 amide bonds. The highest BCUT2D eigenvalue weighted by atomic mass is 16.3. The average molecular weight is 132 g/mol. The molecule has 1 rings (SSSR count). The van der Waals surface area contributed by atoms with Crippen LogP contribution in [0.1, 0.15) is 13.8 Å². The van der Waals surface area contributed by atoms with Gasteiger partial charge in [0.15, 0.2) is 0 Å². The molecule has 0 aromatic carbocycles. The van der Waals surface area contributed by atoms with Crippen LogP contribution in [0.3, 0.4) is 0 Å². The molecule has 0 aliphatic carbocycles. The first-order chi connectivity index (χ1) is 4.13. The van der Waals surface area contributed by atoms with Crippen LogP contribution in [-0.2, 0) is 0 Å². The lowest BCUT2D eigenvalue weighted by Crippen LogP contribution is -2.91. The van der Waals surface area contributed by atoms with Crippen molar-refractivity contribution < 1.29 is 15.5 Å². The van der Waals surface area contributed by atoms with Crippen LogP contribution in [0.5, 0.6) is 0 Å². The molecule has 1 aliphatic heterocycles. The van der Waals surface area contributed by atoms with Crippen molar-refractivity contribution in [1.82, 2.24) is 0 Å². The van der Waals surface area contributed by atoms with Gasteiger partial charge in [0.05, 0.1) is 0 Å². The van der Waals surface area contributed by atoms with Crippen molar-refractivity contribution in [2.75, 3.05) is 0 Å². The van der Waals surface area contributed by atoms with E-state index in [-0.39, 0.29) is 12.1 Å². The van der Waals surface area contributed by atoms with Crippen molar-refractivity contribution in [3.63, 3.8) is 0 Å². The Morgan fingerprint density at radius 3 is 1.44 bits per heavy atom. The van der Waals surface area contributed by atoms with Gasteiger partial charge in [-0.1, -0.05) is 0 Å². The van der Waals surface area contributed by atoms with Crippen molar-refractivity contribution in [2.45, 2.75) is 38.1 Å². The maximum Gasteiger partial charge on any atom is 0.137 e. The summed E-state index contributed by atoms with van der Waals surface area (Å²) in [5.74, 6) is 0. The fourth-order valence-corrected chi connectivity index (χ4v) is 1.33. The Morgan fingerprint density at radius 1 is 1.00 bits per heavy atom. The van der Waals surface area contributed by atoms with Crippen LogP contribution in [0, 0.1) is 0 Å². The maximum absolute atomic E-state index is 9.16. The predicted octanol–water partition coefficient (Wildman–Crippen LogP) is -1.94. The summed E-state index contributed by atoms with van der Waals surface area (Å²) < 4.78 is 0. The summed E-state index contributed by atoms with van der Waals surface area (Å²) in [6, 6.07) is 0.296. The molecule has 54 valence electrons. The summed E-state index contributed by atoms with van der Waals surface area (Å²) in [4.78, 5) is 0. The summed E-state index contributed by atoms with van der Waals surface area (Å²) in [5, 5.41) is 20.3. The molecule has 4 atom stereocenters. The molecule has 1 heterocycles. The average Bonchev–Trinajstić information content (AvgIpc) is 1.98. The molecule has 1 aliphatic rings. The van der Waals surface area contributed by atoms with Crippen molar-refractivity contribution in [3.05, 3.63) is 0 Å². The van der Waals surface area contributed by atoms with Crippen LogP contribution < -0.4 is 5.32 Å². The first-order valence-corrected chi connectivity index (χ1v) is 3.34. The minimum absolute atomic E-state index is 0.148. The van der Waals surface area contributed by atoms with Crippen LogP contribution in [0.15, 0.2) is 0 Å². The standard InChI is InChI=1S/C6H13NO2/c1-3-5(8)6(9)4(2)7-3/h3-9H,1-2H3/p+1/t3-,4+,5-,6+. The zero-order valence-corrected chi connectivity index (χ0v) is 5.78. The van der Waals surface area contributed by atoms with Gasteiger partial charge in [-0.3, -0.25) is 0 Å². The van der Waals surface area contributed by atoms with Crippen LogP contribution in [0.4, 0.5) is 0 Å². The molecular formula is C6H14NO2+. The third-order valence-electron chi connectivity index (χ3n) is 2.03. The lowest BCUT2D eigenvalue weighted by Gasteiger charge is -2.06. The quantitative estimate of drug-likeness (QED) is 0.359. The van der Waals surface area contributed by atoms with Gasteiger partial charge in [-0.25, -0.2) is 0 Å². The Hall–Kier alpha value is -0.120. The van der Waals surface area contributed by atoms with Crippen LogP contribution in [0.25, 0.3) is 0 Å². The van der Waals surface area contributed by atoms with E-state index in [4.69, 9.17) is 10.2 Å². The van der Waals surface area contributed by atoms with E-state index in [1.165, 1.54) is 0 Å². The number of hydrogen-bond acceptors (Lipinski definition) is 2. The monoisotopic (exact) mass is 132 g/mol. The number of nitrogens with two attached hydrogens (primary N) is 1. The summed E-state index contributed by atoms with van der Waals surface area (Å²) in [5.41, 5.74) is 0. The summed E-state index contributed by atoms with van der Waals surface area (Å²) in [6.45, 7) is 3.83. The maximum atomic E-state index is 9.16. The van der Waals surface area contributed by atoms with Crippen molar-refractivity contribution in [3.8, 4) is 0 Å². The lowest BCUT2D eigenvalue weighted by molar-refractivity contribution is -0.700. The Balaban J connectivity index is 2.54. The number of rotatable bonds is 0. The molecule has 3 heteroatoms. The van der Waals surface area contributed by atoms with E-state index in [2.05, 4.69) is 0 Å². The van der Waals surface area contributed by atoms with E-state index < -0.39 is 12.2 Å². The van der Waals surface area contributed by atoms with E-state index in [1.807, 2.05) is 19.2 Å². The number of aliphatic hydroxyl groups is 2. The molecule has 0 unspecified atom stereocenters. The molecule has 1 fully saturated rings. The van der Waals surface area contributed by atoms with E-state index >= 15 is 0 Å². The van der Waals surface area contributed by atoms with E-state index in [1.54, 1.807) is 0 Å². The minimum atomic E-state index is -0.542. The third-order valence-corrected chi connectivity index (χ3v) is 2.03. The SMILES string of the molecule is C[C@@H]1[NH2+][C@H](C)[C@@H](O)[C@H]1O. The molecular weight excluding hydrogens is 118 g/mol. The van der Waals surface area contributed by atoms with E-state index in [0.717, 1.165) is 0 Å². The Morgan fingerprint density at radius 2 is 1.33 bits per heavy atom. The summed E-state index contributed by atoms with van der Waals surface area (Å²) in [6.07, 6.45) is -1.08. The fraction of sp³-hybridized carbons (Fsp3) is 1.00. The fourth-order valence-electron chi connectivity index (χ4n) is 1.33. The number of aliphatic hydroxyl groups excluding tert-OH is 2. The highest BCUT2D eigenvalue weighted by Gasteiger charge is 2.39. The van der Waals surface area contributed by atoms with Gasteiger partial charge in [0.1, 0.15) is 24.3 Å². The van der Waals surface area contributed by atoms with Gasteiger partial charge in [-0.05, 0) is 13.8 Å². The first-order valence-electron chi connectivity index (χ1n) is 3.34. The van der Waals surface area contributed by atoms with Gasteiger partial charge in [-0.15, -0.1) is 0 Å². The highest BCUT2D eigenvalue weighted by molar-refractivity contribution is 4.81. The Bertz CT molecular complexity index is 95.2. The van der Waals surface area contributed by atoms with Gasteiger partial charge in [0, 0.05) is 0 Å². The normalized spacial score (nSPS) is 52.0. The predicted molar refractivity (Wildman–Crippen MR) is 32.9 cm³/mol. The van der Waals surface area contributed by atoms with E-state index in [9.17, 15) is 0 Å². The summed E-state index contributed by atoms with van der Waals surface area (Å²) in [7, 11) is 0. The zero-order valence-electron chi connectivity index (χ0n) is 5.78. The first kappa shape index (κ1) is 6.99. The molecule has 4 N–H and O–H groups in total. The van der Waals surface area contributed by atoms with Gasteiger partial charge in [0.2, 0.25) is 0 Å². The molecule has 9 heavy (non-hydrogen) atoms. The number of quaternary nitrogens is 1. The van der Waals surface area contributed by atoms with Gasteiger partial charge in [-0.2, -0.15) is 0 Å². The van der Waals surface area contributed by atoms with Crippen LogP contribution in [0.2, 0.25) is 0 Å². The molecule has 0 radical (unpaired) electrons. The molecule has 0 aromatic rings. The van der Waals surface area contributed by atoms with Gasteiger partial charge in [0.25, 0.3) is 0 Å². The molecule has 0 spiro atoms. The van der Waals surface area contributed by atoms with E-state index in [0.29, 0.717) is 0 Å². The van der Waals surface area contributed by atoms with Crippen molar-refractivity contribution in [2.24, 2.45) is 0 Å². The highest BCUT2D eigenvalue weighted by Crippen LogP contribution is 2.05. The van der Waals surface area contributed by atoms with Crippen LogP contribution in [-0.4, -0.2) is 34.5 Å². The molecule has 0 aromatic heterocycles. The second-order valence-electron chi connectivity index (χ2n) is 2.89. The Labute approximate surface area is 54.7 Å². The second-order valence-corrected chi connectivity index (χ2v) is 2.89. The number of hydrogen-bond donors (Lipinski definition) is 3. The largest absolute Gasteiger partial charge is 0.384 e. The van der Waals surface area contributed by atoms with Crippen molar-refractivity contribution >= 4 is 0 Å². The molecule has 1 saturated heterocycles. The third kappa shape index (κ3) is 1.08.